The van der Waals surface area contributed by atoms with Crippen molar-refractivity contribution >= 4 is 45.1 Å². The molecule has 4 nitrogen and oxygen atoms in total. The van der Waals surface area contributed by atoms with Crippen LogP contribution in [0.1, 0.15) is 11.1 Å². The molecular weight excluding hydrogens is 336 g/mol. The third-order valence-corrected chi connectivity index (χ3v) is 4.72. The minimum atomic E-state index is 0.476. The number of benzene rings is 4. The summed E-state index contributed by atoms with van der Waals surface area (Å²) in [5, 5.41) is 4.11. The number of aliphatic imine (C=N–C) groups is 2. The fraction of sp³-hybridized carbons (Fsp3) is 0.0435. The summed E-state index contributed by atoms with van der Waals surface area (Å²) in [5.41, 5.74) is 2.93. The number of hydrogen-bond donors (Lipinski definition) is 0. The molecule has 0 N–H and O–H groups in total. The number of isocyanates is 2. The Balaban J connectivity index is 2.02. The first-order chi connectivity index (χ1) is 13.3. The topological polar surface area (TPSA) is 58.9 Å². The molecule has 0 fully saturated rings. The minimum absolute atomic E-state index is 0.476. The van der Waals surface area contributed by atoms with Gasteiger partial charge in [-0.05, 0) is 44.8 Å². The van der Waals surface area contributed by atoms with Gasteiger partial charge >= 0.3 is 0 Å². The van der Waals surface area contributed by atoms with Gasteiger partial charge in [-0.3, -0.25) is 0 Å². The van der Waals surface area contributed by atoms with E-state index in [4.69, 9.17) is 0 Å². The van der Waals surface area contributed by atoms with Crippen LogP contribution in [0.15, 0.2) is 82.8 Å². The molecular formula is C23H14N2O2. The summed E-state index contributed by atoms with van der Waals surface area (Å²) in [4.78, 5) is 29.7. The maximum absolute atomic E-state index is 10.9. The van der Waals surface area contributed by atoms with Crippen LogP contribution in [0.4, 0.5) is 11.4 Å². The van der Waals surface area contributed by atoms with Crippen molar-refractivity contribution in [2.75, 3.05) is 0 Å². The van der Waals surface area contributed by atoms with E-state index in [-0.39, 0.29) is 0 Å². The van der Waals surface area contributed by atoms with Crippen molar-refractivity contribution in [3.63, 3.8) is 0 Å². The molecule has 0 aliphatic rings. The van der Waals surface area contributed by atoms with Crippen molar-refractivity contribution in [2.24, 2.45) is 9.98 Å². The first kappa shape index (κ1) is 16.6. The van der Waals surface area contributed by atoms with Crippen LogP contribution in [0.2, 0.25) is 0 Å². The molecule has 0 radical (unpaired) electrons. The summed E-state index contributed by atoms with van der Waals surface area (Å²) >= 11 is 0. The van der Waals surface area contributed by atoms with Gasteiger partial charge in [0.05, 0.1) is 11.4 Å². The second-order valence-corrected chi connectivity index (χ2v) is 6.15. The highest BCUT2D eigenvalue weighted by Gasteiger charge is 2.13. The first-order valence-electron chi connectivity index (χ1n) is 8.49. The molecule has 0 spiro atoms. The Morgan fingerprint density at radius 3 is 1.48 bits per heavy atom. The molecule has 0 heterocycles. The highest BCUT2D eigenvalue weighted by Crippen LogP contribution is 2.35. The first-order valence-corrected chi connectivity index (χ1v) is 8.49. The van der Waals surface area contributed by atoms with Gasteiger partial charge in [0, 0.05) is 6.42 Å². The zero-order valence-corrected chi connectivity index (χ0v) is 14.3. The van der Waals surface area contributed by atoms with Crippen molar-refractivity contribution in [1.29, 1.82) is 0 Å². The van der Waals surface area contributed by atoms with Gasteiger partial charge in [0.25, 0.3) is 0 Å². The van der Waals surface area contributed by atoms with E-state index in [0.717, 1.165) is 32.7 Å². The van der Waals surface area contributed by atoms with E-state index in [1.165, 1.54) is 0 Å². The van der Waals surface area contributed by atoms with E-state index in [2.05, 4.69) is 9.98 Å². The lowest BCUT2D eigenvalue weighted by atomic mass is 9.92. The molecule has 4 aromatic rings. The van der Waals surface area contributed by atoms with Crippen LogP contribution in [-0.4, -0.2) is 12.2 Å². The Morgan fingerprint density at radius 1 is 0.593 bits per heavy atom. The monoisotopic (exact) mass is 350 g/mol. The van der Waals surface area contributed by atoms with Crippen LogP contribution in [0.25, 0.3) is 21.5 Å². The van der Waals surface area contributed by atoms with Gasteiger partial charge in [-0.2, -0.15) is 9.98 Å². The van der Waals surface area contributed by atoms with Gasteiger partial charge in [0.2, 0.25) is 12.2 Å². The number of carbonyl (C=O) groups excluding carboxylic acids is 2. The summed E-state index contributed by atoms with van der Waals surface area (Å²) in [6.07, 6.45) is 3.76. The lowest BCUT2D eigenvalue weighted by Gasteiger charge is -2.13. The summed E-state index contributed by atoms with van der Waals surface area (Å²) < 4.78 is 0. The maximum atomic E-state index is 10.9. The van der Waals surface area contributed by atoms with Gasteiger partial charge in [0.1, 0.15) is 0 Å². The largest absolute Gasteiger partial charge is 0.240 e. The molecule has 27 heavy (non-hydrogen) atoms. The molecule has 0 aliphatic carbocycles. The average molecular weight is 350 g/mol. The number of rotatable bonds is 4. The summed E-state index contributed by atoms with van der Waals surface area (Å²) in [7, 11) is 0. The second kappa shape index (κ2) is 7.19. The van der Waals surface area contributed by atoms with Gasteiger partial charge in [-0.25, -0.2) is 9.59 Å². The average Bonchev–Trinajstić information content (AvgIpc) is 2.71. The molecule has 0 saturated heterocycles. The van der Waals surface area contributed by atoms with E-state index in [9.17, 15) is 9.59 Å². The highest BCUT2D eigenvalue weighted by molar-refractivity contribution is 5.94. The quantitative estimate of drug-likeness (QED) is 0.359. The van der Waals surface area contributed by atoms with E-state index < -0.39 is 0 Å². The predicted molar refractivity (Wildman–Crippen MR) is 106 cm³/mol. The Hall–Kier alpha value is -3.84. The summed E-state index contributed by atoms with van der Waals surface area (Å²) in [6, 6.07) is 23.4. The van der Waals surface area contributed by atoms with E-state index in [1.807, 2.05) is 72.8 Å². The van der Waals surface area contributed by atoms with Crippen LogP contribution < -0.4 is 0 Å². The molecule has 0 unspecified atom stereocenters. The lowest BCUT2D eigenvalue weighted by molar-refractivity contribution is 0.564. The van der Waals surface area contributed by atoms with Crippen LogP contribution in [0.3, 0.4) is 0 Å². The normalized spacial score (nSPS) is 10.4. The number of fused-ring (bicyclic) bond motifs is 2. The number of hydrogen-bond acceptors (Lipinski definition) is 4. The molecule has 0 aromatic heterocycles. The van der Waals surface area contributed by atoms with Crippen LogP contribution in [0, 0.1) is 0 Å². The fourth-order valence-corrected chi connectivity index (χ4v) is 3.51. The fourth-order valence-electron chi connectivity index (χ4n) is 3.51. The van der Waals surface area contributed by atoms with Crippen molar-refractivity contribution in [3.8, 4) is 0 Å². The molecule has 0 saturated carbocycles. The SMILES string of the molecule is O=C=Nc1ccc2ccccc2c1Cc1c(N=C=O)ccc2ccccc12. The highest BCUT2D eigenvalue weighted by atomic mass is 16.1. The van der Waals surface area contributed by atoms with E-state index >= 15 is 0 Å². The van der Waals surface area contributed by atoms with Crippen molar-refractivity contribution < 1.29 is 9.59 Å². The Labute approximate surface area is 155 Å². The minimum Gasteiger partial charge on any atom is -0.211 e. The zero-order chi connectivity index (χ0) is 18.6. The third kappa shape index (κ3) is 3.07. The molecule has 0 aliphatic heterocycles. The second-order valence-electron chi connectivity index (χ2n) is 6.15. The third-order valence-electron chi connectivity index (χ3n) is 4.72. The van der Waals surface area contributed by atoms with Crippen molar-refractivity contribution in [2.45, 2.75) is 6.42 Å². The van der Waals surface area contributed by atoms with Crippen molar-refractivity contribution in [1.82, 2.24) is 0 Å². The standard InChI is InChI=1S/C23H14N2O2/c26-14-24-22-11-9-16-5-1-3-7-18(16)20(22)13-21-19-8-4-2-6-17(19)10-12-23(21)25-15-27/h1-12H,13H2. The van der Waals surface area contributed by atoms with E-state index in [1.54, 1.807) is 12.2 Å². The summed E-state index contributed by atoms with van der Waals surface area (Å²) in [6.45, 7) is 0. The predicted octanol–water partition coefficient (Wildman–Crippen LogP) is 5.52. The van der Waals surface area contributed by atoms with Crippen LogP contribution >= 0.6 is 0 Å². The number of nitrogens with zero attached hydrogens (tertiary/aromatic N) is 2. The molecule has 128 valence electrons. The van der Waals surface area contributed by atoms with Gasteiger partial charge < -0.3 is 0 Å². The smallest absolute Gasteiger partial charge is 0.211 e. The lowest BCUT2D eigenvalue weighted by Crippen LogP contribution is -1.94. The van der Waals surface area contributed by atoms with Gasteiger partial charge in [0.15, 0.2) is 0 Å². The van der Waals surface area contributed by atoms with E-state index in [0.29, 0.717) is 17.8 Å². The van der Waals surface area contributed by atoms with Gasteiger partial charge in [-0.15, -0.1) is 0 Å². The Morgan fingerprint density at radius 2 is 1.04 bits per heavy atom. The maximum Gasteiger partial charge on any atom is 0.240 e. The van der Waals surface area contributed by atoms with Crippen molar-refractivity contribution in [3.05, 3.63) is 83.9 Å². The molecule has 0 atom stereocenters. The molecule has 0 bridgehead atoms. The molecule has 0 amide bonds. The summed E-state index contributed by atoms with van der Waals surface area (Å²) in [5.74, 6) is 0. The van der Waals surface area contributed by atoms with Gasteiger partial charge in [-0.1, -0.05) is 60.7 Å². The molecule has 4 aromatic carbocycles. The molecule has 4 heteroatoms. The Bertz CT molecular complexity index is 1160. The zero-order valence-electron chi connectivity index (χ0n) is 14.3. The Kier molecular flexibility index (Phi) is 4.42. The molecule has 4 rings (SSSR count). The van der Waals surface area contributed by atoms with Crippen LogP contribution in [-0.2, 0) is 16.0 Å². The van der Waals surface area contributed by atoms with Crippen LogP contribution in [0.5, 0.6) is 0 Å².